The van der Waals surface area contributed by atoms with E-state index in [0.29, 0.717) is 10.6 Å². The number of rotatable bonds is 4. The van der Waals surface area contributed by atoms with Gasteiger partial charge in [-0.1, -0.05) is 35.5 Å². The number of benzene rings is 2. The van der Waals surface area contributed by atoms with Gasteiger partial charge in [0.2, 0.25) is 0 Å². The highest BCUT2D eigenvalue weighted by atomic mass is 35.5. The Morgan fingerprint density at radius 2 is 1.81 bits per heavy atom. The molecule has 0 unspecified atom stereocenters. The summed E-state index contributed by atoms with van der Waals surface area (Å²) >= 11 is 7.62. The van der Waals surface area contributed by atoms with Crippen LogP contribution in [0.2, 0.25) is 5.02 Å². The fourth-order valence-electron chi connectivity index (χ4n) is 2.73. The molecule has 0 aliphatic rings. The molecule has 0 saturated carbocycles. The van der Waals surface area contributed by atoms with Gasteiger partial charge in [-0.3, -0.25) is 5.10 Å². The van der Waals surface area contributed by atoms with E-state index >= 15 is 0 Å². The highest BCUT2D eigenvalue weighted by Crippen LogP contribution is 2.38. The van der Waals surface area contributed by atoms with Crippen LogP contribution in [0.3, 0.4) is 0 Å². The number of hydrogen-bond acceptors (Lipinski definition) is 4. The summed E-state index contributed by atoms with van der Waals surface area (Å²) in [6.45, 7) is 0. The van der Waals surface area contributed by atoms with Crippen LogP contribution in [0.1, 0.15) is 5.56 Å². The van der Waals surface area contributed by atoms with E-state index in [0.717, 1.165) is 32.7 Å². The summed E-state index contributed by atoms with van der Waals surface area (Å²) in [6, 6.07) is 19.2. The topological polar surface area (TPSA) is 70.3 Å². The Morgan fingerprint density at radius 1 is 1.07 bits per heavy atom. The quantitative estimate of drug-likeness (QED) is 0.522. The van der Waals surface area contributed by atoms with E-state index < -0.39 is 0 Å². The third-order valence-electron chi connectivity index (χ3n) is 4.10. The van der Waals surface area contributed by atoms with Gasteiger partial charge in [-0.25, -0.2) is 4.98 Å². The number of aromatic amines is 1. The molecule has 7 heteroatoms. The van der Waals surface area contributed by atoms with Crippen LogP contribution in [0.15, 0.2) is 70.7 Å². The fourth-order valence-corrected chi connectivity index (χ4v) is 3.83. The van der Waals surface area contributed by atoms with Crippen LogP contribution in [0, 0.1) is 11.3 Å². The number of nitrogens with one attached hydrogen (secondary N) is 1. The molecule has 2 heterocycles. The van der Waals surface area contributed by atoms with Crippen molar-refractivity contribution in [2.45, 2.75) is 9.92 Å². The van der Waals surface area contributed by atoms with Crippen molar-refractivity contribution in [1.29, 1.82) is 5.26 Å². The lowest BCUT2D eigenvalue weighted by atomic mass is 10.1. The zero-order chi connectivity index (χ0) is 18.8. The second kappa shape index (κ2) is 7.31. The van der Waals surface area contributed by atoms with Crippen LogP contribution < -0.4 is 0 Å². The van der Waals surface area contributed by atoms with E-state index in [1.165, 1.54) is 0 Å². The van der Waals surface area contributed by atoms with E-state index in [1.807, 2.05) is 54.1 Å². The lowest BCUT2D eigenvalue weighted by Gasteiger charge is -2.07. The summed E-state index contributed by atoms with van der Waals surface area (Å²) in [5, 5.41) is 17.7. The minimum atomic E-state index is 0.621. The van der Waals surface area contributed by atoms with Gasteiger partial charge in [0, 0.05) is 28.7 Å². The first-order chi connectivity index (χ1) is 13.2. The predicted octanol–water partition coefficient (Wildman–Crippen LogP) is 5.15. The Morgan fingerprint density at radius 3 is 2.44 bits per heavy atom. The second-order valence-corrected chi connectivity index (χ2v) is 7.36. The minimum Gasteiger partial charge on any atom is -0.320 e. The SMILES string of the molecule is Cn1c(-c2ccn[nH]2)nc(-c2ccc(C#N)cc2)c1Sc1ccc(Cl)cc1. The summed E-state index contributed by atoms with van der Waals surface area (Å²) in [4.78, 5) is 5.92. The number of nitriles is 1. The van der Waals surface area contributed by atoms with E-state index in [1.54, 1.807) is 30.1 Å². The maximum atomic E-state index is 9.05. The number of nitrogens with zero attached hydrogens (tertiary/aromatic N) is 4. The van der Waals surface area contributed by atoms with Crippen molar-refractivity contribution in [3.05, 3.63) is 71.4 Å². The molecule has 0 aliphatic heterocycles. The molecule has 4 aromatic rings. The summed E-state index contributed by atoms with van der Waals surface area (Å²) in [5.41, 5.74) is 3.27. The third-order valence-corrected chi connectivity index (χ3v) is 5.52. The molecule has 0 spiro atoms. The number of imidazole rings is 1. The summed E-state index contributed by atoms with van der Waals surface area (Å²) in [6.07, 6.45) is 1.71. The fraction of sp³-hybridized carbons (Fsp3) is 0.0500. The van der Waals surface area contributed by atoms with E-state index in [-0.39, 0.29) is 0 Å². The van der Waals surface area contributed by atoms with Gasteiger partial charge in [0.15, 0.2) is 5.82 Å². The average Bonchev–Trinajstić information content (AvgIpc) is 3.33. The molecule has 5 nitrogen and oxygen atoms in total. The zero-order valence-corrected chi connectivity index (χ0v) is 15.9. The summed E-state index contributed by atoms with van der Waals surface area (Å²) < 4.78 is 2.04. The molecular formula is C20H14ClN5S. The molecule has 0 amide bonds. The normalized spacial score (nSPS) is 10.7. The molecule has 132 valence electrons. The molecule has 0 bridgehead atoms. The van der Waals surface area contributed by atoms with Crippen molar-refractivity contribution in [1.82, 2.24) is 19.7 Å². The molecule has 2 aromatic carbocycles. The van der Waals surface area contributed by atoms with Crippen LogP contribution in [-0.4, -0.2) is 19.7 Å². The predicted molar refractivity (Wildman–Crippen MR) is 107 cm³/mol. The van der Waals surface area contributed by atoms with Crippen LogP contribution >= 0.6 is 23.4 Å². The van der Waals surface area contributed by atoms with Gasteiger partial charge >= 0.3 is 0 Å². The molecule has 0 aliphatic carbocycles. The lowest BCUT2D eigenvalue weighted by Crippen LogP contribution is -1.94. The Labute approximate surface area is 165 Å². The van der Waals surface area contributed by atoms with E-state index in [2.05, 4.69) is 16.3 Å². The van der Waals surface area contributed by atoms with Crippen LogP contribution in [-0.2, 0) is 7.05 Å². The first-order valence-corrected chi connectivity index (χ1v) is 9.35. The maximum Gasteiger partial charge on any atom is 0.159 e. The van der Waals surface area contributed by atoms with Crippen molar-refractivity contribution in [2.24, 2.45) is 7.05 Å². The second-order valence-electron chi connectivity index (χ2n) is 5.86. The van der Waals surface area contributed by atoms with E-state index in [4.69, 9.17) is 21.8 Å². The van der Waals surface area contributed by atoms with Gasteiger partial charge in [-0.2, -0.15) is 10.4 Å². The molecule has 0 radical (unpaired) electrons. The Kier molecular flexibility index (Phi) is 4.71. The zero-order valence-electron chi connectivity index (χ0n) is 14.3. The molecule has 27 heavy (non-hydrogen) atoms. The van der Waals surface area contributed by atoms with Crippen molar-refractivity contribution in [2.75, 3.05) is 0 Å². The minimum absolute atomic E-state index is 0.621. The Balaban J connectivity index is 1.83. The molecule has 0 atom stereocenters. The molecular weight excluding hydrogens is 378 g/mol. The molecule has 0 saturated heterocycles. The van der Waals surface area contributed by atoms with Crippen LogP contribution in [0.5, 0.6) is 0 Å². The summed E-state index contributed by atoms with van der Waals surface area (Å²) in [5.74, 6) is 0.795. The molecule has 1 N–H and O–H groups in total. The number of H-pyrrole nitrogens is 1. The van der Waals surface area contributed by atoms with Gasteiger partial charge in [-0.05, 0) is 42.5 Å². The van der Waals surface area contributed by atoms with Gasteiger partial charge in [0.05, 0.1) is 11.6 Å². The largest absolute Gasteiger partial charge is 0.320 e. The highest BCUT2D eigenvalue weighted by molar-refractivity contribution is 7.99. The third kappa shape index (κ3) is 3.47. The van der Waals surface area contributed by atoms with Crippen molar-refractivity contribution < 1.29 is 0 Å². The van der Waals surface area contributed by atoms with Gasteiger partial charge in [0.1, 0.15) is 16.4 Å². The van der Waals surface area contributed by atoms with Gasteiger partial charge in [-0.15, -0.1) is 0 Å². The standard InChI is InChI=1S/C20H14ClN5S/c1-26-19(17-10-11-23-25-17)24-18(14-4-2-13(12-22)3-5-14)20(26)27-16-8-6-15(21)7-9-16/h2-11H,1H3,(H,23,25). The smallest absolute Gasteiger partial charge is 0.159 e. The van der Waals surface area contributed by atoms with Crippen molar-refractivity contribution in [3.63, 3.8) is 0 Å². The molecule has 4 rings (SSSR count). The Bertz CT molecular complexity index is 1110. The number of halogens is 1. The monoisotopic (exact) mass is 391 g/mol. The van der Waals surface area contributed by atoms with Gasteiger partial charge in [0.25, 0.3) is 0 Å². The molecule has 2 aromatic heterocycles. The lowest BCUT2D eigenvalue weighted by molar-refractivity contribution is 0.830. The van der Waals surface area contributed by atoms with Crippen LogP contribution in [0.25, 0.3) is 22.8 Å². The average molecular weight is 392 g/mol. The van der Waals surface area contributed by atoms with E-state index in [9.17, 15) is 0 Å². The maximum absolute atomic E-state index is 9.05. The first kappa shape index (κ1) is 17.4. The van der Waals surface area contributed by atoms with Crippen LogP contribution in [0.4, 0.5) is 0 Å². The van der Waals surface area contributed by atoms with Crippen molar-refractivity contribution >= 4 is 23.4 Å². The van der Waals surface area contributed by atoms with Gasteiger partial charge < -0.3 is 4.57 Å². The van der Waals surface area contributed by atoms with Crippen molar-refractivity contribution in [3.8, 4) is 28.8 Å². The number of hydrogen-bond donors (Lipinski definition) is 1. The Hall–Kier alpha value is -3.01. The number of aromatic nitrogens is 4. The highest BCUT2D eigenvalue weighted by Gasteiger charge is 2.19. The summed E-state index contributed by atoms with van der Waals surface area (Å²) in [7, 11) is 1.98. The first-order valence-electron chi connectivity index (χ1n) is 8.16. The molecule has 0 fully saturated rings.